The Morgan fingerprint density at radius 1 is 1.21 bits per heavy atom. The number of hydrogen-bond acceptors (Lipinski definition) is 6. The summed E-state index contributed by atoms with van der Waals surface area (Å²) in [7, 11) is 0. The van der Waals surface area contributed by atoms with Crippen LogP contribution in [0.5, 0.6) is 0 Å². The summed E-state index contributed by atoms with van der Waals surface area (Å²) in [5.74, 6) is 0.668. The number of nitrogens with zero attached hydrogens (tertiary/aromatic N) is 3. The fourth-order valence-corrected chi connectivity index (χ4v) is 2.48. The normalized spacial score (nSPS) is 10.8. The highest BCUT2D eigenvalue weighted by Gasteiger charge is 2.18. The van der Waals surface area contributed by atoms with E-state index in [4.69, 9.17) is 33.5 Å². The van der Waals surface area contributed by atoms with E-state index >= 15 is 0 Å². The number of thiazole rings is 1. The smallest absolute Gasteiger partial charge is 0.261 e. The Balaban J connectivity index is 2.11. The van der Waals surface area contributed by atoms with Crippen LogP contribution >= 0.6 is 34.5 Å². The lowest BCUT2D eigenvalue weighted by Gasteiger charge is -2.04. The Kier molecular flexibility index (Phi) is 3.14. The van der Waals surface area contributed by atoms with Crippen molar-refractivity contribution in [3.8, 4) is 22.2 Å². The minimum atomic E-state index is 0.230. The Morgan fingerprint density at radius 2 is 2.00 bits per heavy atom. The first kappa shape index (κ1) is 12.4. The van der Waals surface area contributed by atoms with Gasteiger partial charge in [0, 0.05) is 6.20 Å². The highest BCUT2D eigenvalue weighted by molar-refractivity contribution is 7.13. The predicted octanol–water partition coefficient (Wildman–Crippen LogP) is 3.75. The third kappa shape index (κ3) is 2.18. The Hall–Kier alpha value is -1.63. The van der Waals surface area contributed by atoms with Gasteiger partial charge in [0.2, 0.25) is 5.82 Å². The molecule has 0 amide bonds. The van der Waals surface area contributed by atoms with Crippen LogP contribution in [0.4, 0.5) is 5.69 Å². The molecule has 8 heteroatoms. The van der Waals surface area contributed by atoms with Crippen LogP contribution in [0.3, 0.4) is 0 Å². The van der Waals surface area contributed by atoms with Gasteiger partial charge in [-0.3, -0.25) is 4.98 Å². The molecule has 96 valence electrons. The molecule has 0 atom stereocenters. The van der Waals surface area contributed by atoms with E-state index in [-0.39, 0.29) is 5.89 Å². The molecule has 2 heterocycles. The molecule has 1 aromatic carbocycles. The largest absolute Gasteiger partial charge is 0.397 e. The average molecular weight is 313 g/mol. The number of halogens is 2. The van der Waals surface area contributed by atoms with Crippen LogP contribution in [0.1, 0.15) is 0 Å². The van der Waals surface area contributed by atoms with Crippen molar-refractivity contribution in [2.45, 2.75) is 0 Å². The van der Waals surface area contributed by atoms with Crippen LogP contribution in [0, 0.1) is 0 Å². The van der Waals surface area contributed by atoms with Crippen molar-refractivity contribution in [3.63, 3.8) is 0 Å². The number of benzene rings is 1. The molecule has 5 nitrogen and oxygen atoms in total. The molecule has 0 unspecified atom stereocenters. The molecule has 0 aliphatic rings. The predicted molar refractivity (Wildman–Crippen MR) is 75.3 cm³/mol. The maximum Gasteiger partial charge on any atom is 0.261 e. The summed E-state index contributed by atoms with van der Waals surface area (Å²) in [5.41, 5.74) is 8.33. The van der Waals surface area contributed by atoms with Crippen molar-refractivity contribution in [1.82, 2.24) is 15.1 Å². The zero-order chi connectivity index (χ0) is 13.4. The Bertz CT molecular complexity index is 726. The van der Waals surface area contributed by atoms with Gasteiger partial charge in [0.05, 0.1) is 31.7 Å². The van der Waals surface area contributed by atoms with Crippen LogP contribution in [0.2, 0.25) is 10.0 Å². The van der Waals surface area contributed by atoms with Gasteiger partial charge in [0.15, 0.2) is 0 Å². The van der Waals surface area contributed by atoms with E-state index in [0.29, 0.717) is 27.1 Å². The van der Waals surface area contributed by atoms with Gasteiger partial charge in [-0.2, -0.15) is 4.98 Å². The summed E-state index contributed by atoms with van der Waals surface area (Å²) < 4.78 is 5.19. The van der Waals surface area contributed by atoms with E-state index in [0.717, 1.165) is 4.88 Å². The summed E-state index contributed by atoms with van der Waals surface area (Å²) in [4.78, 5) is 9.01. The second-order valence-electron chi connectivity index (χ2n) is 3.61. The first-order chi connectivity index (χ1) is 9.16. The number of nitrogens with two attached hydrogens (primary N) is 1. The maximum absolute atomic E-state index is 6.09. The zero-order valence-electron chi connectivity index (χ0n) is 9.30. The molecule has 19 heavy (non-hydrogen) atoms. The first-order valence-corrected chi connectivity index (χ1v) is 6.77. The van der Waals surface area contributed by atoms with Crippen molar-refractivity contribution in [2.75, 3.05) is 5.73 Å². The van der Waals surface area contributed by atoms with E-state index in [2.05, 4.69) is 15.1 Å². The van der Waals surface area contributed by atoms with Crippen molar-refractivity contribution in [3.05, 3.63) is 33.9 Å². The van der Waals surface area contributed by atoms with Gasteiger partial charge >= 0.3 is 0 Å². The Morgan fingerprint density at radius 3 is 2.74 bits per heavy atom. The molecule has 3 aromatic rings. The van der Waals surface area contributed by atoms with Crippen LogP contribution in [-0.2, 0) is 0 Å². The van der Waals surface area contributed by atoms with E-state index in [1.54, 1.807) is 23.8 Å². The molecule has 2 N–H and O–H groups in total. The monoisotopic (exact) mass is 312 g/mol. The highest BCUT2D eigenvalue weighted by atomic mass is 35.5. The fourth-order valence-electron chi connectivity index (χ4n) is 1.54. The second-order valence-corrected chi connectivity index (χ2v) is 5.31. The van der Waals surface area contributed by atoms with Gasteiger partial charge < -0.3 is 10.3 Å². The summed E-state index contributed by atoms with van der Waals surface area (Å²) in [6.07, 6.45) is 1.65. The molecule has 0 fully saturated rings. The zero-order valence-corrected chi connectivity index (χ0v) is 11.6. The molecular formula is C11H6Cl2N4OS. The maximum atomic E-state index is 6.09. The molecule has 3 rings (SSSR count). The minimum absolute atomic E-state index is 0.230. The summed E-state index contributed by atoms with van der Waals surface area (Å²) in [6, 6.07) is 3.25. The van der Waals surface area contributed by atoms with Gasteiger partial charge in [-0.1, -0.05) is 28.4 Å². The lowest BCUT2D eigenvalue weighted by Crippen LogP contribution is -1.92. The number of hydrogen-bond donors (Lipinski definition) is 1. The van der Waals surface area contributed by atoms with Gasteiger partial charge in [-0.15, -0.1) is 11.3 Å². The summed E-state index contributed by atoms with van der Waals surface area (Å²) >= 11 is 13.5. The van der Waals surface area contributed by atoms with Crippen LogP contribution in [0.15, 0.2) is 28.4 Å². The average Bonchev–Trinajstić information content (AvgIpc) is 3.04. The second kappa shape index (κ2) is 4.80. The molecule has 0 radical (unpaired) electrons. The number of nitrogen functional groups attached to an aromatic ring is 1. The molecular weight excluding hydrogens is 307 g/mol. The molecule has 0 aliphatic heterocycles. The van der Waals surface area contributed by atoms with E-state index < -0.39 is 0 Å². The van der Waals surface area contributed by atoms with Crippen molar-refractivity contribution < 1.29 is 4.52 Å². The fraction of sp³-hybridized carbons (Fsp3) is 0. The van der Waals surface area contributed by atoms with Crippen molar-refractivity contribution >= 4 is 40.2 Å². The van der Waals surface area contributed by atoms with E-state index in [1.807, 2.05) is 0 Å². The first-order valence-electron chi connectivity index (χ1n) is 5.13. The molecule has 0 bridgehead atoms. The quantitative estimate of drug-likeness (QED) is 0.729. The molecule has 0 saturated carbocycles. The molecule has 0 saturated heterocycles. The van der Waals surface area contributed by atoms with E-state index in [9.17, 15) is 0 Å². The minimum Gasteiger partial charge on any atom is -0.397 e. The lowest BCUT2D eigenvalue weighted by atomic mass is 10.2. The van der Waals surface area contributed by atoms with E-state index in [1.165, 1.54) is 11.3 Å². The molecule has 0 aliphatic carbocycles. The van der Waals surface area contributed by atoms with Gasteiger partial charge in [0.25, 0.3) is 5.89 Å². The Labute approximate surface area is 122 Å². The number of aromatic nitrogens is 3. The number of rotatable bonds is 2. The summed E-state index contributed by atoms with van der Waals surface area (Å²) in [6.45, 7) is 0. The van der Waals surface area contributed by atoms with Crippen molar-refractivity contribution in [2.24, 2.45) is 0 Å². The topological polar surface area (TPSA) is 77.8 Å². The van der Waals surface area contributed by atoms with Gasteiger partial charge in [-0.25, -0.2) is 0 Å². The highest BCUT2D eigenvalue weighted by Crippen LogP contribution is 2.37. The van der Waals surface area contributed by atoms with Crippen LogP contribution in [0.25, 0.3) is 22.2 Å². The number of anilines is 1. The van der Waals surface area contributed by atoms with Gasteiger partial charge in [0.1, 0.15) is 0 Å². The van der Waals surface area contributed by atoms with Crippen LogP contribution < -0.4 is 5.73 Å². The molecule has 2 aromatic heterocycles. The lowest BCUT2D eigenvalue weighted by molar-refractivity contribution is 0.432. The van der Waals surface area contributed by atoms with Gasteiger partial charge in [-0.05, 0) is 12.1 Å². The third-order valence-electron chi connectivity index (χ3n) is 2.43. The van der Waals surface area contributed by atoms with Crippen LogP contribution in [-0.4, -0.2) is 15.1 Å². The van der Waals surface area contributed by atoms with Crippen molar-refractivity contribution in [1.29, 1.82) is 0 Å². The summed E-state index contributed by atoms with van der Waals surface area (Å²) in [5, 5.41) is 4.66. The standard InChI is InChI=1S/C11H6Cl2N4OS/c12-5-1-2-6(13)9(14)8(5)11-16-10(17-18-11)7-3-15-4-19-7/h1-4H,14H2. The molecule has 0 spiro atoms. The third-order valence-corrected chi connectivity index (χ3v) is 3.85. The SMILES string of the molecule is Nc1c(Cl)ccc(Cl)c1-c1nc(-c2cncs2)no1.